The van der Waals surface area contributed by atoms with Gasteiger partial charge in [0.2, 0.25) is 28.9 Å². The normalized spacial score (nSPS) is 18.4. The Morgan fingerprint density at radius 1 is 0.891 bits per heavy atom. The Hall–Kier alpha value is -4.28. The third-order valence-electron chi connectivity index (χ3n) is 9.26. The third-order valence-corrected chi connectivity index (χ3v) is 9.26. The van der Waals surface area contributed by atoms with Gasteiger partial charge in [-0.2, -0.15) is 0 Å². The lowest BCUT2D eigenvalue weighted by Crippen LogP contribution is -2.51. The van der Waals surface area contributed by atoms with Crippen molar-refractivity contribution in [3.63, 3.8) is 0 Å². The van der Waals surface area contributed by atoms with Crippen molar-refractivity contribution in [1.82, 2.24) is 15.5 Å². The zero-order valence-corrected chi connectivity index (χ0v) is 27.7. The van der Waals surface area contributed by atoms with E-state index >= 15 is 0 Å². The summed E-state index contributed by atoms with van der Waals surface area (Å²) in [6.07, 6.45) is 4.51. The highest BCUT2D eigenvalue weighted by Crippen LogP contribution is 2.50. The topological polar surface area (TPSA) is 135 Å². The van der Waals surface area contributed by atoms with Gasteiger partial charge in [-0.15, -0.1) is 0 Å². The smallest absolute Gasteiger partial charge is 0.242 e. The summed E-state index contributed by atoms with van der Waals surface area (Å²) in [5.41, 5.74) is 3.03. The van der Waals surface area contributed by atoms with E-state index in [1.165, 1.54) is 6.92 Å². The van der Waals surface area contributed by atoms with Crippen LogP contribution in [0, 0.1) is 11.8 Å². The summed E-state index contributed by atoms with van der Waals surface area (Å²) in [5.74, 6) is 1.34. The highest BCUT2D eigenvalue weighted by molar-refractivity contribution is 5.86. The molecule has 0 radical (unpaired) electrons. The van der Waals surface area contributed by atoms with Gasteiger partial charge in [-0.3, -0.25) is 19.2 Å². The summed E-state index contributed by atoms with van der Waals surface area (Å²) >= 11 is 0. The largest absolute Gasteiger partial charge is 0.493 e. The summed E-state index contributed by atoms with van der Waals surface area (Å²) in [5, 5.41) is 9.43. The van der Waals surface area contributed by atoms with Gasteiger partial charge in [0.05, 0.1) is 33.1 Å². The van der Waals surface area contributed by atoms with Crippen LogP contribution >= 0.6 is 0 Å². The Morgan fingerprint density at radius 2 is 1.59 bits per heavy atom. The summed E-state index contributed by atoms with van der Waals surface area (Å²) in [6.45, 7) is 6.61. The van der Waals surface area contributed by atoms with Crippen LogP contribution in [-0.4, -0.2) is 69.1 Å². The molecule has 0 unspecified atom stereocenters. The molecule has 2 aromatic carbocycles. The van der Waals surface area contributed by atoms with Crippen molar-refractivity contribution in [1.29, 1.82) is 0 Å². The number of carbonyl (C=O) groups is 3. The first-order valence-electron chi connectivity index (χ1n) is 16.2. The summed E-state index contributed by atoms with van der Waals surface area (Å²) in [7, 11) is 4.67. The molecule has 0 spiro atoms. The summed E-state index contributed by atoms with van der Waals surface area (Å²) in [4.78, 5) is 54.1. The van der Waals surface area contributed by atoms with Crippen molar-refractivity contribution in [3.05, 3.63) is 45.6 Å². The molecule has 1 saturated carbocycles. The van der Waals surface area contributed by atoms with Gasteiger partial charge >= 0.3 is 0 Å². The lowest BCUT2D eigenvalue weighted by molar-refractivity contribution is -0.133. The van der Waals surface area contributed by atoms with Crippen LogP contribution in [0.15, 0.2) is 29.1 Å². The summed E-state index contributed by atoms with van der Waals surface area (Å²) in [6, 6.07) is 5.85. The molecule has 1 saturated heterocycles. The van der Waals surface area contributed by atoms with Gasteiger partial charge in [-0.1, -0.05) is 19.9 Å². The second kappa shape index (κ2) is 14.0. The number of amides is 3. The van der Waals surface area contributed by atoms with E-state index in [2.05, 4.69) is 16.0 Å². The molecule has 11 heteroatoms. The van der Waals surface area contributed by atoms with E-state index in [9.17, 15) is 19.2 Å². The molecule has 5 rings (SSSR count). The number of piperidine rings is 1. The SMILES string of the molecule is COc1cc2c(c(OC)c1OC)-c1ccc(N[C@H](C(=O)NC3CCN(C(=O)C4CC4)CC3)C(C)C)c(=O)cc1[C@@H](NC(C)=O)CC2. The number of likely N-dealkylation sites (tertiary alicyclic amines) is 1. The lowest BCUT2D eigenvalue weighted by atomic mass is 9.95. The number of aryl methyl sites for hydroxylation is 1. The standard InChI is InChI=1S/C35H46N4O7/c1-19(2)31(34(42)37-23-13-15-39(16-14-23)35(43)21-7-8-21)38-27-12-10-24-25(18-28(27)41)26(36-20(3)40)11-9-22-17-29(44-4)32(45-5)33(46-6)30(22)24/h10,12,17-19,21,23,26,31H,7-9,11,13-16H2,1-6H3,(H,36,40)(H,37,42)(H,38,41)/t26-,31-/m0/s1. The van der Waals surface area contributed by atoms with E-state index in [4.69, 9.17) is 14.2 Å². The number of fused-ring (bicyclic) bond motifs is 3. The molecular formula is C35H46N4O7. The second-order valence-electron chi connectivity index (χ2n) is 12.8. The molecule has 1 heterocycles. The van der Waals surface area contributed by atoms with Gasteiger partial charge in [-0.05, 0) is 79.3 Å². The van der Waals surface area contributed by atoms with Crippen LogP contribution in [0.3, 0.4) is 0 Å². The Labute approximate surface area is 270 Å². The van der Waals surface area contributed by atoms with Crippen LogP contribution in [0.1, 0.15) is 70.0 Å². The molecule has 3 amide bonds. The van der Waals surface area contributed by atoms with Crippen molar-refractivity contribution in [3.8, 4) is 28.4 Å². The number of rotatable bonds is 10. The number of hydrogen-bond acceptors (Lipinski definition) is 8. The molecule has 248 valence electrons. The van der Waals surface area contributed by atoms with E-state index in [-0.39, 0.29) is 46.7 Å². The Bertz CT molecular complexity index is 1550. The zero-order valence-electron chi connectivity index (χ0n) is 27.7. The van der Waals surface area contributed by atoms with Crippen LogP contribution in [0.25, 0.3) is 11.1 Å². The molecule has 11 nitrogen and oxygen atoms in total. The number of carbonyl (C=O) groups excluding carboxylic acids is 3. The van der Waals surface area contributed by atoms with E-state index in [1.807, 2.05) is 30.9 Å². The molecule has 2 atom stereocenters. The fourth-order valence-corrected chi connectivity index (χ4v) is 6.65. The van der Waals surface area contributed by atoms with Crippen LogP contribution < -0.4 is 35.6 Å². The average Bonchev–Trinajstić information content (AvgIpc) is 3.90. The molecule has 0 bridgehead atoms. The Balaban J connectivity index is 1.46. The molecule has 3 N–H and O–H groups in total. The Morgan fingerprint density at radius 3 is 2.17 bits per heavy atom. The zero-order chi connectivity index (χ0) is 33.1. The molecule has 2 aliphatic carbocycles. The number of methoxy groups -OCH3 is 3. The minimum atomic E-state index is -0.668. The Kier molecular flexibility index (Phi) is 10.1. The minimum absolute atomic E-state index is 0.0391. The molecule has 3 aliphatic rings. The first-order chi connectivity index (χ1) is 22.1. The van der Waals surface area contributed by atoms with Gasteiger partial charge in [0.15, 0.2) is 11.5 Å². The molecule has 2 aromatic rings. The maximum Gasteiger partial charge on any atom is 0.242 e. The van der Waals surface area contributed by atoms with Crippen LogP contribution in [0.5, 0.6) is 17.2 Å². The number of anilines is 1. The number of benzene rings is 1. The van der Waals surface area contributed by atoms with Crippen LogP contribution in [0.2, 0.25) is 0 Å². The molecule has 46 heavy (non-hydrogen) atoms. The van der Waals surface area contributed by atoms with Crippen molar-refractivity contribution < 1.29 is 28.6 Å². The predicted octanol–water partition coefficient (Wildman–Crippen LogP) is 3.82. The van der Waals surface area contributed by atoms with Gasteiger partial charge in [0, 0.05) is 37.5 Å². The molecule has 1 aliphatic heterocycles. The fraction of sp³-hybridized carbons (Fsp3) is 0.543. The maximum absolute atomic E-state index is 13.8. The fourth-order valence-electron chi connectivity index (χ4n) is 6.65. The average molecular weight is 635 g/mol. The predicted molar refractivity (Wildman–Crippen MR) is 175 cm³/mol. The van der Waals surface area contributed by atoms with Gasteiger partial charge in [-0.25, -0.2) is 0 Å². The first kappa shape index (κ1) is 33.1. The van der Waals surface area contributed by atoms with Gasteiger partial charge < -0.3 is 35.1 Å². The van der Waals surface area contributed by atoms with Crippen LogP contribution in [0.4, 0.5) is 5.69 Å². The number of nitrogens with zero attached hydrogens (tertiary/aromatic N) is 1. The second-order valence-corrected chi connectivity index (χ2v) is 12.8. The lowest BCUT2D eigenvalue weighted by Gasteiger charge is -2.34. The van der Waals surface area contributed by atoms with Crippen LogP contribution in [-0.2, 0) is 20.8 Å². The molecule has 0 aromatic heterocycles. The van der Waals surface area contributed by atoms with E-state index in [0.717, 1.165) is 24.0 Å². The quantitative estimate of drug-likeness (QED) is 0.359. The number of ether oxygens (including phenoxy) is 3. The van der Waals surface area contributed by atoms with Crippen molar-refractivity contribution >= 4 is 23.4 Å². The van der Waals surface area contributed by atoms with Crippen molar-refractivity contribution in [2.45, 2.75) is 77.4 Å². The van der Waals surface area contributed by atoms with Crippen molar-refractivity contribution in [2.75, 3.05) is 39.7 Å². The maximum atomic E-state index is 13.8. The highest BCUT2D eigenvalue weighted by Gasteiger charge is 2.36. The first-order valence-corrected chi connectivity index (χ1v) is 16.2. The van der Waals surface area contributed by atoms with E-state index in [0.29, 0.717) is 67.1 Å². The van der Waals surface area contributed by atoms with Gasteiger partial charge in [0.25, 0.3) is 0 Å². The summed E-state index contributed by atoms with van der Waals surface area (Å²) < 4.78 is 17.2. The molecular weight excluding hydrogens is 588 g/mol. The van der Waals surface area contributed by atoms with E-state index < -0.39 is 12.1 Å². The molecule has 2 fully saturated rings. The van der Waals surface area contributed by atoms with Gasteiger partial charge in [0.1, 0.15) is 6.04 Å². The highest BCUT2D eigenvalue weighted by atomic mass is 16.5. The minimum Gasteiger partial charge on any atom is -0.493 e. The third kappa shape index (κ3) is 6.93. The number of nitrogens with one attached hydrogen (secondary N) is 3. The number of hydrogen-bond donors (Lipinski definition) is 3. The van der Waals surface area contributed by atoms with Crippen molar-refractivity contribution in [2.24, 2.45) is 11.8 Å². The monoisotopic (exact) mass is 634 g/mol. The van der Waals surface area contributed by atoms with E-state index in [1.54, 1.807) is 33.5 Å².